The van der Waals surface area contributed by atoms with Gasteiger partial charge in [0, 0.05) is 57.2 Å². The molecule has 1 aliphatic heterocycles. The second-order valence-corrected chi connectivity index (χ2v) is 11.3. The highest BCUT2D eigenvalue weighted by atomic mass is 79.9. The molecule has 0 radical (unpaired) electrons. The van der Waals surface area contributed by atoms with E-state index in [-0.39, 0.29) is 72.0 Å². The number of hydrogen-bond donors (Lipinski definition) is 4. The summed E-state index contributed by atoms with van der Waals surface area (Å²) in [5.41, 5.74) is 4.19. The number of alkyl halides is 1. The number of carbonyl (C=O) groups is 4. The predicted molar refractivity (Wildman–Crippen MR) is 163 cm³/mol. The number of aliphatic carboxylic acids is 4. The standard InChI is InChI=1S/C30H39BrN4O8/c31-16-23-2-1-3-25(14-23)24-6-4-22(5-7-24)15-26-17-34(20-29(40)41)11-10-32(18-27(36)37)8-9-33(19-28(38)39)12-13-35(26)21-30(42)43/h1-7,14,26H,8-13,15-21H2,(H,36,37)(H,38,39)(H,40,41)(H,42,43). The zero-order valence-electron chi connectivity index (χ0n) is 24.0. The van der Waals surface area contributed by atoms with Crippen LogP contribution >= 0.6 is 15.9 Å². The molecule has 0 aromatic heterocycles. The predicted octanol–water partition coefficient (Wildman–Crippen LogP) is 1.72. The Labute approximate surface area is 259 Å². The summed E-state index contributed by atoms with van der Waals surface area (Å²) >= 11 is 3.49. The van der Waals surface area contributed by atoms with Crippen LogP contribution in [0.1, 0.15) is 11.1 Å². The minimum atomic E-state index is -1.04. The molecule has 1 heterocycles. The summed E-state index contributed by atoms with van der Waals surface area (Å²) in [6.07, 6.45) is 0.433. The van der Waals surface area contributed by atoms with Crippen molar-refractivity contribution in [1.29, 1.82) is 0 Å². The van der Waals surface area contributed by atoms with E-state index in [4.69, 9.17) is 0 Å². The van der Waals surface area contributed by atoms with Gasteiger partial charge in [-0.15, -0.1) is 0 Å². The van der Waals surface area contributed by atoms with Crippen LogP contribution in [0.4, 0.5) is 0 Å². The van der Waals surface area contributed by atoms with Gasteiger partial charge < -0.3 is 20.4 Å². The summed E-state index contributed by atoms with van der Waals surface area (Å²) < 4.78 is 0. The van der Waals surface area contributed by atoms with Crippen LogP contribution in [0.5, 0.6) is 0 Å². The summed E-state index contributed by atoms with van der Waals surface area (Å²) in [5.74, 6) is -4.15. The van der Waals surface area contributed by atoms with Crippen LogP contribution in [0, 0.1) is 0 Å². The molecule has 234 valence electrons. The van der Waals surface area contributed by atoms with Crippen LogP contribution in [-0.4, -0.2) is 142 Å². The van der Waals surface area contributed by atoms with Crippen molar-refractivity contribution in [2.75, 3.05) is 72.0 Å². The first-order chi connectivity index (χ1) is 20.5. The van der Waals surface area contributed by atoms with Gasteiger partial charge in [-0.05, 0) is 28.7 Å². The molecule has 2 aromatic carbocycles. The number of rotatable bonds is 12. The van der Waals surface area contributed by atoms with E-state index >= 15 is 0 Å². The zero-order valence-corrected chi connectivity index (χ0v) is 25.6. The topological polar surface area (TPSA) is 162 Å². The SMILES string of the molecule is O=C(O)CN1CCN(CC(=O)O)CCN(CC(=O)O)C(Cc2ccc(-c3cccc(CBr)c3)cc2)CN(CC(=O)O)CC1. The Morgan fingerprint density at radius 3 is 1.67 bits per heavy atom. The molecule has 12 nitrogen and oxygen atoms in total. The Kier molecular flexibility index (Phi) is 13.5. The van der Waals surface area contributed by atoms with E-state index < -0.39 is 29.9 Å². The Balaban J connectivity index is 1.92. The fourth-order valence-electron chi connectivity index (χ4n) is 5.30. The highest BCUT2D eigenvalue weighted by molar-refractivity contribution is 9.08. The normalized spacial score (nSPS) is 18.4. The number of carboxylic acid groups (broad SMARTS) is 4. The lowest BCUT2D eigenvalue weighted by Gasteiger charge is -2.37. The third-order valence-electron chi connectivity index (χ3n) is 7.41. The smallest absolute Gasteiger partial charge is 0.317 e. The van der Waals surface area contributed by atoms with Crippen molar-refractivity contribution in [1.82, 2.24) is 19.6 Å². The quantitative estimate of drug-likeness (QED) is 0.244. The molecule has 1 fully saturated rings. The van der Waals surface area contributed by atoms with Crippen molar-refractivity contribution in [2.45, 2.75) is 17.8 Å². The minimum absolute atomic E-state index is 0.231. The maximum absolute atomic E-state index is 11.9. The number of benzene rings is 2. The second-order valence-electron chi connectivity index (χ2n) is 10.7. The van der Waals surface area contributed by atoms with Crippen molar-refractivity contribution in [3.05, 3.63) is 59.7 Å². The molecule has 1 unspecified atom stereocenters. The largest absolute Gasteiger partial charge is 0.480 e. The fraction of sp³-hybridized carbons (Fsp3) is 0.467. The average molecular weight is 664 g/mol. The van der Waals surface area contributed by atoms with E-state index in [0.717, 1.165) is 27.6 Å². The third kappa shape index (κ3) is 12.0. The Morgan fingerprint density at radius 2 is 1.14 bits per heavy atom. The van der Waals surface area contributed by atoms with Gasteiger partial charge in [0.05, 0.1) is 26.2 Å². The lowest BCUT2D eigenvalue weighted by Crippen LogP contribution is -2.53. The number of carboxylic acids is 4. The van der Waals surface area contributed by atoms with Gasteiger partial charge in [0.15, 0.2) is 0 Å². The van der Waals surface area contributed by atoms with Crippen LogP contribution in [0.25, 0.3) is 11.1 Å². The summed E-state index contributed by atoms with van der Waals surface area (Å²) in [4.78, 5) is 53.6. The average Bonchev–Trinajstić information content (AvgIpc) is 2.94. The third-order valence-corrected chi connectivity index (χ3v) is 8.06. The van der Waals surface area contributed by atoms with E-state index in [1.165, 1.54) is 0 Å². The van der Waals surface area contributed by atoms with E-state index in [2.05, 4.69) is 22.0 Å². The fourth-order valence-corrected chi connectivity index (χ4v) is 5.64. The molecule has 2 aromatic rings. The van der Waals surface area contributed by atoms with Gasteiger partial charge >= 0.3 is 23.9 Å². The van der Waals surface area contributed by atoms with Gasteiger partial charge in [0.1, 0.15) is 0 Å². The summed E-state index contributed by atoms with van der Waals surface area (Å²) in [5, 5.41) is 39.0. The molecule has 0 aliphatic carbocycles. The first-order valence-corrected chi connectivity index (χ1v) is 15.2. The van der Waals surface area contributed by atoms with Gasteiger partial charge in [-0.2, -0.15) is 0 Å². The molecule has 0 spiro atoms. The number of halogens is 1. The molecule has 4 N–H and O–H groups in total. The molecule has 3 rings (SSSR count). The van der Waals surface area contributed by atoms with Gasteiger partial charge in [0.2, 0.25) is 0 Å². The zero-order chi connectivity index (χ0) is 31.4. The van der Waals surface area contributed by atoms with Gasteiger partial charge in [-0.1, -0.05) is 64.5 Å². The van der Waals surface area contributed by atoms with Crippen molar-refractivity contribution < 1.29 is 39.6 Å². The molecule has 43 heavy (non-hydrogen) atoms. The minimum Gasteiger partial charge on any atom is -0.480 e. The van der Waals surface area contributed by atoms with Crippen LogP contribution in [0.3, 0.4) is 0 Å². The first kappa shape index (κ1) is 34.1. The van der Waals surface area contributed by atoms with E-state index in [9.17, 15) is 39.6 Å². The molecule has 1 aliphatic rings. The van der Waals surface area contributed by atoms with Crippen molar-refractivity contribution >= 4 is 39.8 Å². The van der Waals surface area contributed by atoms with E-state index in [0.29, 0.717) is 6.42 Å². The van der Waals surface area contributed by atoms with Gasteiger partial charge in [-0.3, -0.25) is 38.8 Å². The molecule has 1 saturated heterocycles. The second kappa shape index (κ2) is 17.1. The first-order valence-electron chi connectivity index (χ1n) is 14.0. The van der Waals surface area contributed by atoms with Crippen LogP contribution in [0.15, 0.2) is 48.5 Å². The molecule has 1 atom stereocenters. The van der Waals surface area contributed by atoms with E-state index in [1.807, 2.05) is 42.5 Å². The Bertz CT molecular complexity index is 1240. The molecular weight excluding hydrogens is 624 g/mol. The maximum atomic E-state index is 11.9. The number of hydrogen-bond acceptors (Lipinski definition) is 8. The van der Waals surface area contributed by atoms with Crippen molar-refractivity contribution in [3.63, 3.8) is 0 Å². The van der Waals surface area contributed by atoms with Crippen LogP contribution in [0.2, 0.25) is 0 Å². The monoisotopic (exact) mass is 662 g/mol. The van der Waals surface area contributed by atoms with E-state index in [1.54, 1.807) is 19.6 Å². The van der Waals surface area contributed by atoms with Crippen LogP contribution in [-0.2, 0) is 30.9 Å². The summed E-state index contributed by atoms with van der Waals surface area (Å²) in [6.45, 7) is 0.648. The molecule has 0 bridgehead atoms. The Hall–Kier alpha value is -3.36. The van der Waals surface area contributed by atoms with Crippen molar-refractivity contribution in [2.24, 2.45) is 0 Å². The number of nitrogens with zero attached hydrogens (tertiary/aromatic N) is 4. The highest BCUT2D eigenvalue weighted by Crippen LogP contribution is 2.23. The highest BCUT2D eigenvalue weighted by Gasteiger charge is 2.27. The molecule has 13 heteroatoms. The summed E-state index contributed by atoms with van der Waals surface area (Å²) in [6, 6.07) is 15.7. The Morgan fingerprint density at radius 1 is 0.628 bits per heavy atom. The van der Waals surface area contributed by atoms with Gasteiger partial charge in [-0.25, -0.2) is 0 Å². The lowest BCUT2D eigenvalue weighted by molar-refractivity contribution is -0.142. The summed E-state index contributed by atoms with van der Waals surface area (Å²) in [7, 11) is 0. The lowest BCUT2D eigenvalue weighted by atomic mass is 9.98. The maximum Gasteiger partial charge on any atom is 0.317 e. The van der Waals surface area contributed by atoms with Crippen molar-refractivity contribution in [3.8, 4) is 11.1 Å². The molecule has 0 saturated carbocycles. The molecule has 0 amide bonds. The van der Waals surface area contributed by atoms with Crippen LogP contribution < -0.4 is 0 Å². The molecular formula is C30H39BrN4O8. The van der Waals surface area contributed by atoms with Gasteiger partial charge in [0.25, 0.3) is 0 Å².